The molecule has 21 heavy (non-hydrogen) atoms. The summed E-state index contributed by atoms with van der Waals surface area (Å²) in [5.74, 6) is 3.26. The van der Waals surface area contributed by atoms with Crippen LogP contribution in [0.1, 0.15) is 85.0 Å². The highest BCUT2D eigenvalue weighted by Crippen LogP contribution is 2.61. The van der Waals surface area contributed by atoms with E-state index >= 15 is 0 Å². The van der Waals surface area contributed by atoms with Crippen LogP contribution in [0.3, 0.4) is 0 Å². The molecule has 0 aromatic heterocycles. The predicted octanol–water partition coefficient (Wildman–Crippen LogP) is 5.15. The molecule has 0 saturated heterocycles. The fraction of sp³-hybridized carbons (Fsp3) is 1.00. The lowest BCUT2D eigenvalue weighted by Gasteiger charge is -2.59. The molecular formula is C20H35N. The molecule has 5 aliphatic rings. The van der Waals surface area contributed by atoms with Gasteiger partial charge in [0.15, 0.2) is 0 Å². The molecule has 1 N–H and O–H groups in total. The van der Waals surface area contributed by atoms with Gasteiger partial charge in [0.2, 0.25) is 0 Å². The molecule has 4 bridgehead atoms. The first kappa shape index (κ1) is 14.5. The van der Waals surface area contributed by atoms with E-state index in [4.69, 9.17) is 0 Å². The Labute approximate surface area is 131 Å². The molecule has 5 aliphatic carbocycles. The molecule has 0 amide bonds. The normalized spacial score (nSPS) is 49.3. The maximum Gasteiger partial charge on any atom is 0.00980 e. The van der Waals surface area contributed by atoms with Crippen molar-refractivity contribution in [2.24, 2.45) is 28.6 Å². The van der Waals surface area contributed by atoms with Gasteiger partial charge in [0, 0.05) is 12.1 Å². The summed E-state index contributed by atoms with van der Waals surface area (Å²) in [6, 6.07) is 1.54. The van der Waals surface area contributed by atoms with Crippen LogP contribution in [0.4, 0.5) is 0 Å². The summed E-state index contributed by atoms with van der Waals surface area (Å²) in [5.41, 5.74) is 1.24. The van der Waals surface area contributed by atoms with Gasteiger partial charge in [0.05, 0.1) is 0 Å². The summed E-state index contributed by atoms with van der Waals surface area (Å²) in [6.45, 7) is 7.47. The van der Waals surface area contributed by atoms with Gasteiger partial charge in [-0.25, -0.2) is 0 Å². The highest BCUT2D eigenvalue weighted by Gasteiger charge is 2.53. The number of nitrogens with one attached hydrogen (secondary N) is 1. The van der Waals surface area contributed by atoms with Crippen molar-refractivity contribution in [2.45, 2.75) is 97.1 Å². The van der Waals surface area contributed by atoms with E-state index in [-0.39, 0.29) is 0 Å². The Kier molecular flexibility index (Phi) is 3.45. The van der Waals surface area contributed by atoms with Gasteiger partial charge < -0.3 is 5.32 Å². The van der Waals surface area contributed by atoms with Gasteiger partial charge in [-0.2, -0.15) is 0 Å². The molecule has 0 aromatic rings. The monoisotopic (exact) mass is 289 g/mol. The van der Waals surface area contributed by atoms with Crippen molar-refractivity contribution in [1.82, 2.24) is 5.32 Å². The van der Waals surface area contributed by atoms with Gasteiger partial charge in [-0.05, 0) is 93.3 Å². The van der Waals surface area contributed by atoms with Gasteiger partial charge in [-0.3, -0.25) is 0 Å². The van der Waals surface area contributed by atoms with Crippen LogP contribution in [-0.4, -0.2) is 12.1 Å². The van der Waals surface area contributed by atoms with Crippen LogP contribution in [0.15, 0.2) is 0 Å². The minimum absolute atomic E-state index is 0.567. The average molecular weight is 290 g/mol. The Morgan fingerprint density at radius 3 is 2.00 bits per heavy atom. The van der Waals surface area contributed by atoms with E-state index in [1.54, 1.807) is 38.5 Å². The molecule has 5 fully saturated rings. The second-order valence-corrected chi connectivity index (χ2v) is 10.1. The van der Waals surface area contributed by atoms with Crippen molar-refractivity contribution in [3.63, 3.8) is 0 Å². The Hall–Kier alpha value is -0.0400. The van der Waals surface area contributed by atoms with Crippen molar-refractivity contribution >= 4 is 0 Å². The van der Waals surface area contributed by atoms with E-state index in [1.165, 1.54) is 25.7 Å². The van der Waals surface area contributed by atoms with Gasteiger partial charge in [-0.15, -0.1) is 0 Å². The maximum absolute atomic E-state index is 4.13. The topological polar surface area (TPSA) is 12.0 Å². The minimum atomic E-state index is 0.567. The van der Waals surface area contributed by atoms with Crippen LogP contribution in [0.25, 0.3) is 0 Å². The molecule has 0 aliphatic heterocycles. The van der Waals surface area contributed by atoms with E-state index in [2.05, 4.69) is 26.1 Å². The molecule has 1 nitrogen and oxygen atoms in total. The van der Waals surface area contributed by atoms with Crippen molar-refractivity contribution in [3.05, 3.63) is 0 Å². The Bertz CT molecular complexity index is 361. The largest absolute Gasteiger partial charge is 0.311 e. The molecular weight excluding hydrogens is 254 g/mol. The molecule has 2 unspecified atom stereocenters. The molecule has 120 valence electrons. The number of rotatable bonds is 3. The zero-order valence-electron chi connectivity index (χ0n) is 14.5. The number of hydrogen-bond acceptors (Lipinski definition) is 1. The van der Waals surface area contributed by atoms with Crippen molar-refractivity contribution < 1.29 is 0 Å². The smallest absolute Gasteiger partial charge is 0.00980 e. The van der Waals surface area contributed by atoms with Crippen molar-refractivity contribution in [1.29, 1.82) is 0 Å². The molecule has 5 rings (SSSR count). The fourth-order valence-corrected chi connectivity index (χ4v) is 7.08. The van der Waals surface area contributed by atoms with E-state index in [9.17, 15) is 0 Å². The first-order valence-electron chi connectivity index (χ1n) is 9.70. The molecule has 2 atom stereocenters. The third-order valence-electron chi connectivity index (χ3n) is 7.69. The Morgan fingerprint density at radius 2 is 1.48 bits per heavy atom. The van der Waals surface area contributed by atoms with E-state index in [1.807, 2.05) is 0 Å². The predicted molar refractivity (Wildman–Crippen MR) is 89.2 cm³/mol. The lowest BCUT2D eigenvalue weighted by molar-refractivity contribution is -0.0735. The summed E-state index contributed by atoms with van der Waals surface area (Å²) in [5, 5.41) is 4.13. The summed E-state index contributed by atoms with van der Waals surface area (Å²) < 4.78 is 0. The second kappa shape index (κ2) is 4.98. The van der Waals surface area contributed by atoms with E-state index in [0.717, 1.165) is 29.8 Å². The average Bonchev–Trinajstić information content (AvgIpc) is 2.35. The van der Waals surface area contributed by atoms with E-state index < -0.39 is 0 Å². The summed E-state index contributed by atoms with van der Waals surface area (Å²) in [7, 11) is 0. The van der Waals surface area contributed by atoms with Crippen LogP contribution in [-0.2, 0) is 0 Å². The zero-order valence-corrected chi connectivity index (χ0v) is 14.5. The fourth-order valence-electron chi connectivity index (χ4n) is 7.08. The molecule has 1 heteroatoms. The minimum Gasteiger partial charge on any atom is -0.311 e. The third kappa shape index (κ3) is 2.69. The summed E-state index contributed by atoms with van der Waals surface area (Å²) >= 11 is 0. The Balaban J connectivity index is 1.44. The first-order chi connectivity index (χ1) is 9.94. The third-order valence-corrected chi connectivity index (χ3v) is 7.69. The lowest BCUT2D eigenvalue weighted by Crippen LogP contribution is -2.57. The number of hydrogen-bond donors (Lipinski definition) is 1. The van der Waals surface area contributed by atoms with Crippen LogP contribution in [0.5, 0.6) is 0 Å². The van der Waals surface area contributed by atoms with E-state index in [0.29, 0.717) is 10.8 Å². The van der Waals surface area contributed by atoms with Gasteiger partial charge >= 0.3 is 0 Å². The standard InChI is InChI=1S/C20H35N/c1-14(21-18-5-4-6-19(2,3)13-18)20-10-15-7-16(11-20)9-17(8-15)12-20/h14-18,21H,4-13H2,1-3H3. The molecule has 5 saturated carbocycles. The van der Waals surface area contributed by atoms with Gasteiger partial charge in [0.1, 0.15) is 0 Å². The highest BCUT2D eigenvalue weighted by atomic mass is 15.0. The molecule has 0 heterocycles. The summed E-state index contributed by atoms with van der Waals surface area (Å²) in [6.07, 6.45) is 15.0. The van der Waals surface area contributed by atoms with Gasteiger partial charge in [0.25, 0.3) is 0 Å². The lowest BCUT2D eigenvalue weighted by atomic mass is 9.48. The first-order valence-corrected chi connectivity index (χ1v) is 9.70. The SMILES string of the molecule is CC(NC1CCCC(C)(C)C1)C12CC3CC(CC(C3)C1)C2. The molecule has 0 radical (unpaired) electrons. The van der Waals surface area contributed by atoms with Crippen LogP contribution in [0, 0.1) is 28.6 Å². The quantitative estimate of drug-likeness (QED) is 0.757. The van der Waals surface area contributed by atoms with Crippen LogP contribution < -0.4 is 5.32 Å². The second-order valence-electron chi connectivity index (χ2n) is 10.1. The Morgan fingerprint density at radius 1 is 0.905 bits per heavy atom. The van der Waals surface area contributed by atoms with Crippen LogP contribution in [0.2, 0.25) is 0 Å². The summed E-state index contributed by atoms with van der Waals surface area (Å²) in [4.78, 5) is 0. The molecule has 0 spiro atoms. The van der Waals surface area contributed by atoms with Crippen molar-refractivity contribution in [2.75, 3.05) is 0 Å². The maximum atomic E-state index is 4.13. The highest BCUT2D eigenvalue weighted by molar-refractivity contribution is 5.05. The molecule has 0 aromatic carbocycles. The van der Waals surface area contributed by atoms with Gasteiger partial charge in [-0.1, -0.05) is 20.3 Å². The zero-order chi connectivity index (χ0) is 14.7. The van der Waals surface area contributed by atoms with Crippen LogP contribution >= 0.6 is 0 Å². The van der Waals surface area contributed by atoms with Crippen molar-refractivity contribution in [3.8, 4) is 0 Å².